The van der Waals surface area contributed by atoms with Crippen LogP contribution in [0.4, 0.5) is 5.69 Å². The highest BCUT2D eigenvalue weighted by Crippen LogP contribution is 2.26. The van der Waals surface area contributed by atoms with Gasteiger partial charge in [-0.3, -0.25) is 0 Å². The molecule has 96 valence electrons. The highest BCUT2D eigenvalue weighted by molar-refractivity contribution is 14.1. The molecule has 0 aliphatic carbocycles. The van der Waals surface area contributed by atoms with Gasteiger partial charge in [0.2, 0.25) is 5.89 Å². The molecule has 0 saturated carbocycles. The van der Waals surface area contributed by atoms with Gasteiger partial charge in [0.1, 0.15) is 5.52 Å². The van der Waals surface area contributed by atoms with Crippen LogP contribution in [0.15, 0.2) is 46.9 Å². The van der Waals surface area contributed by atoms with Gasteiger partial charge in [0.05, 0.1) is 0 Å². The van der Waals surface area contributed by atoms with Crippen LogP contribution in [-0.4, -0.2) is 19.1 Å². The molecule has 19 heavy (non-hydrogen) atoms. The molecule has 1 heterocycles. The van der Waals surface area contributed by atoms with Crippen molar-refractivity contribution in [3.63, 3.8) is 0 Å². The van der Waals surface area contributed by atoms with Crippen molar-refractivity contribution in [1.82, 2.24) is 4.98 Å². The molecule has 0 bridgehead atoms. The molecule has 0 amide bonds. The molecule has 0 unspecified atom stereocenters. The number of aromatic nitrogens is 1. The first-order valence-corrected chi connectivity index (χ1v) is 7.05. The molecule has 0 aliphatic heterocycles. The fourth-order valence-corrected chi connectivity index (χ4v) is 2.39. The number of nitrogens with zero attached hydrogens (tertiary/aromatic N) is 2. The van der Waals surface area contributed by atoms with E-state index in [0.717, 1.165) is 25.9 Å². The molecule has 0 saturated heterocycles. The Morgan fingerprint density at radius 2 is 1.79 bits per heavy atom. The summed E-state index contributed by atoms with van der Waals surface area (Å²) in [6.07, 6.45) is 0. The molecule has 0 radical (unpaired) electrons. The van der Waals surface area contributed by atoms with E-state index in [9.17, 15) is 0 Å². The maximum absolute atomic E-state index is 5.81. The third-order valence-electron chi connectivity index (χ3n) is 2.98. The topological polar surface area (TPSA) is 29.3 Å². The molecule has 0 N–H and O–H groups in total. The predicted octanol–water partition coefficient (Wildman–Crippen LogP) is 4.17. The van der Waals surface area contributed by atoms with E-state index in [1.54, 1.807) is 0 Å². The minimum absolute atomic E-state index is 0.669. The summed E-state index contributed by atoms with van der Waals surface area (Å²) in [5, 5.41) is 0. The lowest BCUT2D eigenvalue weighted by Crippen LogP contribution is -2.07. The van der Waals surface area contributed by atoms with E-state index in [0.29, 0.717) is 5.89 Å². The number of benzene rings is 2. The lowest BCUT2D eigenvalue weighted by Gasteiger charge is -2.11. The Bertz CT molecular complexity index is 717. The summed E-state index contributed by atoms with van der Waals surface area (Å²) >= 11 is 2.27. The van der Waals surface area contributed by atoms with Crippen LogP contribution in [0.25, 0.3) is 22.6 Å². The number of hydrogen-bond donors (Lipinski definition) is 0. The molecule has 0 fully saturated rings. The van der Waals surface area contributed by atoms with Gasteiger partial charge < -0.3 is 9.32 Å². The lowest BCUT2D eigenvalue weighted by molar-refractivity contribution is 0.619. The van der Waals surface area contributed by atoms with Crippen LogP contribution >= 0.6 is 22.6 Å². The minimum atomic E-state index is 0.669. The van der Waals surface area contributed by atoms with Crippen LogP contribution in [0.2, 0.25) is 0 Å². The predicted molar refractivity (Wildman–Crippen MR) is 86.5 cm³/mol. The van der Waals surface area contributed by atoms with E-state index in [2.05, 4.69) is 44.6 Å². The lowest BCUT2D eigenvalue weighted by atomic mass is 10.2. The van der Waals surface area contributed by atoms with E-state index in [-0.39, 0.29) is 0 Å². The van der Waals surface area contributed by atoms with Crippen molar-refractivity contribution in [3.8, 4) is 11.5 Å². The van der Waals surface area contributed by atoms with E-state index < -0.39 is 0 Å². The summed E-state index contributed by atoms with van der Waals surface area (Å²) in [6.45, 7) is 0. The van der Waals surface area contributed by atoms with Gasteiger partial charge in [0.25, 0.3) is 0 Å². The number of oxazole rings is 1. The fourth-order valence-electron chi connectivity index (χ4n) is 1.92. The van der Waals surface area contributed by atoms with Crippen LogP contribution in [0.5, 0.6) is 0 Å². The summed E-state index contributed by atoms with van der Waals surface area (Å²) in [6, 6.07) is 14.2. The normalized spacial score (nSPS) is 10.9. The van der Waals surface area contributed by atoms with E-state index in [1.807, 2.05) is 44.4 Å². The number of halogens is 1. The smallest absolute Gasteiger partial charge is 0.227 e. The van der Waals surface area contributed by atoms with Crippen molar-refractivity contribution in [2.75, 3.05) is 19.0 Å². The summed E-state index contributed by atoms with van der Waals surface area (Å²) in [5.74, 6) is 0.669. The first kappa shape index (κ1) is 12.5. The van der Waals surface area contributed by atoms with Crippen molar-refractivity contribution < 1.29 is 4.42 Å². The summed E-state index contributed by atoms with van der Waals surface area (Å²) in [4.78, 5) is 6.58. The standard InChI is InChI=1S/C15H13IN2O/c1-18(2)12-6-3-10(4-7-12)15-17-13-8-5-11(16)9-14(13)19-15/h3-9H,1-2H3. The van der Waals surface area contributed by atoms with Gasteiger partial charge in [0.15, 0.2) is 5.58 Å². The first-order chi connectivity index (χ1) is 9.13. The van der Waals surface area contributed by atoms with Crippen molar-refractivity contribution in [3.05, 3.63) is 46.0 Å². The molecule has 3 rings (SSSR count). The zero-order valence-electron chi connectivity index (χ0n) is 10.7. The van der Waals surface area contributed by atoms with Gasteiger partial charge in [-0.2, -0.15) is 0 Å². The van der Waals surface area contributed by atoms with Crippen LogP contribution in [0.1, 0.15) is 0 Å². The molecule has 4 heteroatoms. The van der Waals surface area contributed by atoms with Gasteiger partial charge in [-0.25, -0.2) is 4.98 Å². The maximum atomic E-state index is 5.81. The number of hydrogen-bond acceptors (Lipinski definition) is 3. The largest absolute Gasteiger partial charge is 0.436 e. The summed E-state index contributed by atoms with van der Waals surface area (Å²) in [5.41, 5.74) is 3.89. The monoisotopic (exact) mass is 364 g/mol. The number of rotatable bonds is 2. The van der Waals surface area contributed by atoms with Gasteiger partial charge in [-0.15, -0.1) is 0 Å². The second kappa shape index (κ2) is 4.85. The Balaban J connectivity index is 2.03. The Morgan fingerprint density at radius 1 is 1.05 bits per heavy atom. The van der Waals surface area contributed by atoms with Gasteiger partial charge in [-0.05, 0) is 65.1 Å². The molecule has 3 nitrogen and oxygen atoms in total. The third kappa shape index (κ3) is 2.45. The molecule has 0 spiro atoms. The Hall–Kier alpha value is -1.56. The van der Waals surface area contributed by atoms with Crippen LogP contribution in [0, 0.1) is 3.57 Å². The van der Waals surface area contributed by atoms with Crippen LogP contribution in [0.3, 0.4) is 0 Å². The Labute approximate surface area is 125 Å². The summed E-state index contributed by atoms with van der Waals surface area (Å²) in [7, 11) is 4.05. The second-order valence-corrected chi connectivity index (χ2v) is 5.82. The second-order valence-electron chi connectivity index (χ2n) is 4.57. The maximum Gasteiger partial charge on any atom is 0.227 e. The van der Waals surface area contributed by atoms with E-state index >= 15 is 0 Å². The molecular weight excluding hydrogens is 351 g/mol. The molecule has 3 aromatic rings. The van der Waals surface area contributed by atoms with Crippen LogP contribution < -0.4 is 4.90 Å². The highest BCUT2D eigenvalue weighted by Gasteiger charge is 2.08. The zero-order chi connectivity index (χ0) is 13.4. The number of fused-ring (bicyclic) bond motifs is 1. The van der Waals surface area contributed by atoms with E-state index in [4.69, 9.17) is 4.42 Å². The first-order valence-electron chi connectivity index (χ1n) is 5.97. The van der Waals surface area contributed by atoms with Crippen molar-refractivity contribution in [1.29, 1.82) is 0 Å². The SMILES string of the molecule is CN(C)c1ccc(-c2nc3ccc(I)cc3o2)cc1. The molecular formula is C15H13IN2O. The van der Waals surface area contributed by atoms with Crippen LogP contribution in [-0.2, 0) is 0 Å². The van der Waals surface area contributed by atoms with Gasteiger partial charge in [0, 0.05) is 28.9 Å². The van der Waals surface area contributed by atoms with Gasteiger partial charge in [-0.1, -0.05) is 0 Å². The average molecular weight is 364 g/mol. The molecule has 0 atom stereocenters. The highest BCUT2D eigenvalue weighted by atomic mass is 127. The molecule has 0 aliphatic rings. The molecule has 2 aromatic carbocycles. The van der Waals surface area contributed by atoms with Crippen molar-refractivity contribution in [2.45, 2.75) is 0 Å². The minimum Gasteiger partial charge on any atom is -0.436 e. The Morgan fingerprint density at radius 3 is 2.47 bits per heavy atom. The van der Waals surface area contributed by atoms with E-state index in [1.165, 1.54) is 0 Å². The summed E-state index contributed by atoms with van der Waals surface area (Å²) < 4.78 is 6.95. The third-order valence-corrected chi connectivity index (χ3v) is 3.65. The number of anilines is 1. The quantitative estimate of drug-likeness (QED) is 0.640. The Kier molecular flexibility index (Phi) is 3.18. The fraction of sp³-hybridized carbons (Fsp3) is 0.133. The van der Waals surface area contributed by atoms with Crippen molar-refractivity contribution in [2.24, 2.45) is 0 Å². The molecule has 1 aromatic heterocycles. The van der Waals surface area contributed by atoms with Gasteiger partial charge >= 0.3 is 0 Å². The van der Waals surface area contributed by atoms with Crippen molar-refractivity contribution >= 4 is 39.4 Å². The average Bonchev–Trinajstić information content (AvgIpc) is 2.81. The zero-order valence-corrected chi connectivity index (χ0v) is 12.9.